The summed E-state index contributed by atoms with van der Waals surface area (Å²) >= 11 is 1.46. The number of hydrogen-bond donors (Lipinski definition) is 3. The van der Waals surface area contributed by atoms with E-state index in [1.54, 1.807) is 31.4 Å². The van der Waals surface area contributed by atoms with Crippen LogP contribution in [0.2, 0.25) is 0 Å². The molecule has 1 aromatic carbocycles. The Morgan fingerprint density at radius 1 is 1.27 bits per heavy atom. The molecule has 1 aromatic heterocycles. The van der Waals surface area contributed by atoms with E-state index < -0.39 is 5.91 Å². The number of carbonyl (C=O) groups excluding carboxylic acids is 2. The quantitative estimate of drug-likeness (QED) is 0.741. The molecule has 1 aliphatic rings. The Balaban J connectivity index is 1.87. The molecule has 7 heteroatoms. The van der Waals surface area contributed by atoms with Crippen molar-refractivity contribution in [3.8, 4) is 5.75 Å². The molecule has 6 nitrogen and oxygen atoms in total. The van der Waals surface area contributed by atoms with Gasteiger partial charge in [-0.25, -0.2) is 0 Å². The highest BCUT2D eigenvalue weighted by atomic mass is 32.1. The van der Waals surface area contributed by atoms with Crippen LogP contribution in [0.1, 0.15) is 45.0 Å². The van der Waals surface area contributed by atoms with Gasteiger partial charge in [0.1, 0.15) is 17.3 Å². The van der Waals surface area contributed by atoms with E-state index >= 15 is 0 Å². The molecule has 0 saturated heterocycles. The van der Waals surface area contributed by atoms with Crippen molar-refractivity contribution in [2.75, 3.05) is 19.0 Å². The van der Waals surface area contributed by atoms with Gasteiger partial charge >= 0.3 is 0 Å². The topological polar surface area (TPSA) is 85.9 Å². The molecule has 0 saturated carbocycles. The van der Waals surface area contributed by atoms with Crippen molar-refractivity contribution in [1.82, 2.24) is 0 Å². The van der Waals surface area contributed by atoms with Gasteiger partial charge in [-0.2, -0.15) is 0 Å². The minimum absolute atomic E-state index is 0.262. The van der Waals surface area contributed by atoms with E-state index in [-0.39, 0.29) is 5.91 Å². The maximum Gasteiger partial charge on any atom is 0.256 e. The predicted octanol–water partition coefficient (Wildman–Crippen LogP) is 1.46. The molecule has 1 aliphatic heterocycles. The van der Waals surface area contributed by atoms with Crippen LogP contribution in [0.15, 0.2) is 24.3 Å². The van der Waals surface area contributed by atoms with Gasteiger partial charge < -0.3 is 20.7 Å². The molecule has 3 rings (SSSR count). The average Bonchev–Trinajstić information content (AvgIpc) is 2.98. The fourth-order valence-electron chi connectivity index (χ4n) is 3.26. The Labute approximate surface area is 156 Å². The van der Waals surface area contributed by atoms with Crippen LogP contribution >= 0.6 is 11.3 Å². The number of fused-ring (bicyclic) bond motifs is 1. The van der Waals surface area contributed by atoms with Crippen LogP contribution in [0, 0.1) is 0 Å². The number of rotatable bonds is 5. The van der Waals surface area contributed by atoms with Crippen LogP contribution in [0.3, 0.4) is 0 Å². The smallest absolute Gasteiger partial charge is 0.256 e. The molecular weight excluding hydrogens is 350 g/mol. The van der Waals surface area contributed by atoms with Gasteiger partial charge in [-0.1, -0.05) is 0 Å². The zero-order chi connectivity index (χ0) is 18.8. The third kappa shape index (κ3) is 3.59. The normalized spacial score (nSPS) is 16.2. The zero-order valence-electron chi connectivity index (χ0n) is 15.2. The summed E-state index contributed by atoms with van der Waals surface area (Å²) in [5.74, 6) is -0.0648. The molecule has 2 heterocycles. The van der Waals surface area contributed by atoms with Crippen molar-refractivity contribution in [1.29, 1.82) is 0 Å². The molecule has 138 valence electrons. The highest BCUT2D eigenvalue weighted by Crippen LogP contribution is 2.34. The fraction of sp³-hybridized carbons (Fsp3) is 0.368. The van der Waals surface area contributed by atoms with E-state index in [9.17, 15) is 9.59 Å². The van der Waals surface area contributed by atoms with Crippen molar-refractivity contribution < 1.29 is 19.2 Å². The number of quaternary nitrogens is 1. The molecule has 0 fully saturated rings. The first-order valence-electron chi connectivity index (χ1n) is 8.65. The van der Waals surface area contributed by atoms with Crippen LogP contribution < -0.4 is 20.7 Å². The molecule has 1 atom stereocenters. The van der Waals surface area contributed by atoms with E-state index in [0.717, 1.165) is 30.0 Å². The number of amides is 2. The third-order valence-electron chi connectivity index (χ3n) is 4.82. The number of ether oxygens (including phenoxy) is 1. The van der Waals surface area contributed by atoms with Crippen molar-refractivity contribution in [2.24, 2.45) is 5.73 Å². The van der Waals surface area contributed by atoms with Crippen LogP contribution in [0.25, 0.3) is 0 Å². The van der Waals surface area contributed by atoms with Gasteiger partial charge in [0.15, 0.2) is 0 Å². The molecule has 1 unspecified atom stereocenters. The summed E-state index contributed by atoms with van der Waals surface area (Å²) in [6, 6.07) is 7.35. The van der Waals surface area contributed by atoms with Gasteiger partial charge in [0.2, 0.25) is 0 Å². The highest BCUT2D eigenvalue weighted by Gasteiger charge is 2.30. The molecule has 0 radical (unpaired) electrons. The Bertz CT molecular complexity index is 827. The number of thiophene rings is 1. The molecule has 2 aromatic rings. The van der Waals surface area contributed by atoms with Crippen LogP contribution in [-0.4, -0.2) is 31.5 Å². The minimum atomic E-state index is -0.486. The molecular formula is C19H24N3O3S+. The molecule has 0 aliphatic carbocycles. The second-order valence-electron chi connectivity index (χ2n) is 6.74. The van der Waals surface area contributed by atoms with E-state index in [1.165, 1.54) is 16.2 Å². The van der Waals surface area contributed by atoms with E-state index in [0.29, 0.717) is 27.9 Å². The molecule has 26 heavy (non-hydrogen) atoms. The lowest BCUT2D eigenvalue weighted by Gasteiger charge is -2.27. The van der Waals surface area contributed by atoms with Crippen LogP contribution in [0.4, 0.5) is 5.00 Å². The summed E-state index contributed by atoms with van der Waals surface area (Å²) in [5, 5.41) is 3.42. The Morgan fingerprint density at radius 3 is 2.54 bits per heavy atom. The lowest BCUT2D eigenvalue weighted by atomic mass is 10.0. The first kappa shape index (κ1) is 18.4. The minimum Gasteiger partial charge on any atom is -0.497 e. The monoisotopic (exact) mass is 374 g/mol. The Hall–Kier alpha value is -2.38. The Morgan fingerprint density at radius 2 is 1.96 bits per heavy atom. The van der Waals surface area contributed by atoms with E-state index in [1.807, 2.05) is 0 Å². The van der Waals surface area contributed by atoms with Gasteiger partial charge in [0, 0.05) is 12.0 Å². The highest BCUT2D eigenvalue weighted by molar-refractivity contribution is 7.17. The second kappa shape index (κ2) is 7.47. The number of hydrogen-bond acceptors (Lipinski definition) is 4. The number of anilines is 1. The number of primary amides is 1. The number of carbonyl (C=O) groups is 2. The number of nitrogens with one attached hydrogen (secondary N) is 2. The lowest BCUT2D eigenvalue weighted by Crippen LogP contribution is -3.14. The van der Waals surface area contributed by atoms with Crippen LogP contribution in [-0.2, 0) is 13.0 Å². The standard InChI is InChI=1S/C19H23N3O3S/c1-11(2)22-9-8-14-15(10-22)26-19(16(14)17(20)23)21-18(24)12-4-6-13(25-3)7-5-12/h4-7,11H,8-10H2,1-3H3,(H2,20,23)(H,21,24)/p+1. The van der Waals surface area contributed by atoms with Gasteiger partial charge in [-0.05, 0) is 43.7 Å². The molecule has 0 spiro atoms. The SMILES string of the molecule is COc1ccc(C(=O)Nc2sc3c(c2C(N)=O)CC[NH+](C(C)C)C3)cc1. The largest absolute Gasteiger partial charge is 0.497 e. The third-order valence-corrected chi connectivity index (χ3v) is 5.96. The summed E-state index contributed by atoms with van der Waals surface area (Å²) in [5.41, 5.74) is 7.59. The van der Waals surface area contributed by atoms with Crippen molar-refractivity contribution in [3.63, 3.8) is 0 Å². The Kier molecular flexibility index (Phi) is 5.29. The van der Waals surface area contributed by atoms with Gasteiger partial charge in [-0.15, -0.1) is 11.3 Å². The van der Waals surface area contributed by atoms with Gasteiger partial charge in [0.25, 0.3) is 11.8 Å². The van der Waals surface area contributed by atoms with Crippen molar-refractivity contribution in [3.05, 3.63) is 45.8 Å². The number of benzene rings is 1. The summed E-state index contributed by atoms with van der Waals surface area (Å²) in [6.07, 6.45) is 0.802. The second-order valence-corrected chi connectivity index (χ2v) is 7.85. The van der Waals surface area contributed by atoms with E-state index in [4.69, 9.17) is 10.5 Å². The number of nitrogens with two attached hydrogens (primary N) is 1. The maximum atomic E-state index is 12.6. The fourth-order valence-corrected chi connectivity index (χ4v) is 4.56. The van der Waals surface area contributed by atoms with Gasteiger partial charge in [0.05, 0.1) is 30.1 Å². The molecule has 4 N–H and O–H groups in total. The summed E-state index contributed by atoms with van der Waals surface area (Å²) in [6.45, 7) is 6.20. The summed E-state index contributed by atoms with van der Waals surface area (Å²) < 4.78 is 5.11. The maximum absolute atomic E-state index is 12.6. The van der Waals surface area contributed by atoms with Crippen molar-refractivity contribution >= 4 is 28.2 Å². The lowest BCUT2D eigenvalue weighted by molar-refractivity contribution is -0.936. The predicted molar refractivity (Wildman–Crippen MR) is 102 cm³/mol. The summed E-state index contributed by atoms with van der Waals surface area (Å²) in [4.78, 5) is 27.2. The van der Waals surface area contributed by atoms with Gasteiger partial charge in [-0.3, -0.25) is 9.59 Å². The molecule has 2 amide bonds. The molecule has 0 bridgehead atoms. The zero-order valence-corrected chi connectivity index (χ0v) is 16.0. The first-order chi connectivity index (χ1) is 12.4. The first-order valence-corrected chi connectivity index (χ1v) is 9.46. The average molecular weight is 374 g/mol. The van der Waals surface area contributed by atoms with Crippen LogP contribution in [0.5, 0.6) is 5.75 Å². The van der Waals surface area contributed by atoms with E-state index in [2.05, 4.69) is 19.2 Å². The summed E-state index contributed by atoms with van der Waals surface area (Å²) in [7, 11) is 1.58. The number of methoxy groups -OCH3 is 1. The van der Waals surface area contributed by atoms with Crippen molar-refractivity contribution in [2.45, 2.75) is 32.9 Å².